The molecule has 1 aliphatic carbocycles. The van der Waals surface area contributed by atoms with Gasteiger partial charge in [-0.2, -0.15) is 5.10 Å². The summed E-state index contributed by atoms with van der Waals surface area (Å²) in [5, 5.41) is 10.3. The Morgan fingerprint density at radius 2 is 2.43 bits per heavy atom. The first-order chi connectivity index (χ1) is 6.90. The van der Waals surface area contributed by atoms with Gasteiger partial charge >= 0.3 is 0 Å². The Morgan fingerprint density at radius 3 is 3.14 bits per heavy atom. The summed E-state index contributed by atoms with van der Waals surface area (Å²) in [6.07, 6.45) is 2.49. The van der Waals surface area contributed by atoms with Crippen LogP contribution in [0.4, 0.5) is 0 Å². The molecule has 1 saturated carbocycles. The average Bonchev–Trinajstić information content (AvgIpc) is 2.94. The number of H-pyrrole nitrogens is 1. The van der Waals surface area contributed by atoms with Gasteiger partial charge in [0.25, 0.3) is 0 Å². The molecule has 1 aliphatic rings. The molecule has 1 aromatic rings. The predicted molar refractivity (Wildman–Crippen MR) is 51.9 cm³/mol. The minimum absolute atomic E-state index is 0.624. The second-order valence-electron chi connectivity index (χ2n) is 3.58. The third kappa shape index (κ3) is 2.52. The summed E-state index contributed by atoms with van der Waals surface area (Å²) in [6.45, 7) is 2.31. The molecule has 0 aromatic carbocycles. The van der Waals surface area contributed by atoms with Crippen LogP contribution in [0.25, 0.3) is 0 Å². The third-order valence-corrected chi connectivity index (χ3v) is 2.27. The largest absolute Gasteiger partial charge is 0.383 e. The molecule has 78 valence electrons. The molecule has 0 bridgehead atoms. The lowest BCUT2D eigenvalue weighted by molar-refractivity contribution is 0.199. The van der Waals surface area contributed by atoms with Crippen LogP contribution < -0.4 is 5.32 Å². The lowest BCUT2D eigenvalue weighted by Gasteiger charge is -1.99. The van der Waals surface area contributed by atoms with E-state index in [0.717, 1.165) is 31.3 Å². The molecule has 0 saturated heterocycles. The van der Waals surface area contributed by atoms with Crippen LogP contribution >= 0.6 is 0 Å². The van der Waals surface area contributed by atoms with Gasteiger partial charge in [-0.15, -0.1) is 0 Å². The molecule has 5 heteroatoms. The first-order valence-corrected chi connectivity index (χ1v) is 5.01. The summed E-state index contributed by atoms with van der Waals surface area (Å²) in [7, 11) is 1.70. The molecule has 0 spiro atoms. The number of ether oxygens (including phenoxy) is 1. The Balaban J connectivity index is 1.72. The normalized spacial score (nSPS) is 16.1. The first kappa shape index (κ1) is 9.61. The number of nitrogens with one attached hydrogen (secondary N) is 2. The highest BCUT2D eigenvalue weighted by atomic mass is 16.5. The summed E-state index contributed by atoms with van der Waals surface area (Å²) < 4.78 is 4.92. The number of aromatic nitrogens is 3. The van der Waals surface area contributed by atoms with E-state index in [1.807, 2.05) is 0 Å². The SMILES string of the molecule is COCCNCc1nc(C2CC2)n[nH]1. The van der Waals surface area contributed by atoms with Gasteiger partial charge in [-0.1, -0.05) is 0 Å². The quantitative estimate of drug-likeness (QED) is 0.647. The number of hydrogen-bond donors (Lipinski definition) is 2. The summed E-state index contributed by atoms with van der Waals surface area (Å²) in [4.78, 5) is 4.40. The molecule has 0 radical (unpaired) electrons. The van der Waals surface area contributed by atoms with E-state index in [2.05, 4.69) is 20.5 Å². The minimum Gasteiger partial charge on any atom is -0.383 e. The van der Waals surface area contributed by atoms with Gasteiger partial charge in [-0.05, 0) is 12.8 Å². The fourth-order valence-electron chi connectivity index (χ4n) is 1.29. The van der Waals surface area contributed by atoms with E-state index < -0.39 is 0 Å². The Labute approximate surface area is 83.3 Å². The molecule has 14 heavy (non-hydrogen) atoms. The van der Waals surface area contributed by atoms with Gasteiger partial charge in [0.2, 0.25) is 0 Å². The van der Waals surface area contributed by atoms with E-state index in [1.54, 1.807) is 7.11 Å². The molecule has 1 fully saturated rings. The molecule has 0 atom stereocenters. The molecule has 1 heterocycles. The van der Waals surface area contributed by atoms with Gasteiger partial charge in [0.15, 0.2) is 5.82 Å². The first-order valence-electron chi connectivity index (χ1n) is 5.01. The van der Waals surface area contributed by atoms with Crippen molar-refractivity contribution in [3.05, 3.63) is 11.6 Å². The van der Waals surface area contributed by atoms with Crippen molar-refractivity contribution < 1.29 is 4.74 Å². The standard InChI is InChI=1S/C9H16N4O/c1-14-5-4-10-6-8-11-9(13-12-8)7-2-3-7/h7,10H,2-6H2,1H3,(H,11,12,13). The van der Waals surface area contributed by atoms with Gasteiger partial charge in [0, 0.05) is 19.6 Å². The van der Waals surface area contributed by atoms with E-state index in [4.69, 9.17) is 4.74 Å². The Kier molecular flexibility index (Phi) is 3.10. The van der Waals surface area contributed by atoms with Crippen LogP contribution in [-0.4, -0.2) is 35.4 Å². The van der Waals surface area contributed by atoms with Crippen molar-refractivity contribution in [1.82, 2.24) is 20.5 Å². The van der Waals surface area contributed by atoms with Gasteiger partial charge in [0.05, 0.1) is 13.2 Å². The number of methoxy groups -OCH3 is 1. The van der Waals surface area contributed by atoms with E-state index >= 15 is 0 Å². The third-order valence-electron chi connectivity index (χ3n) is 2.27. The summed E-state index contributed by atoms with van der Waals surface area (Å²) in [6, 6.07) is 0. The number of rotatable bonds is 6. The van der Waals surface area contributed by atoms with Gasteiger partial charge in [-0.3, -0.25) is 5.10 Å². The van der Waals surface area contributed by atoms with Crippen molar-refractivity contribution in [2.24, 2.45) is 0 Å². The minimum atomic E-state index is 0.624. The monoisotopic (exact) mass is 196 g/mol. The number of aromatic amines is 1. The van der Waals surface area contributed by atoms with Gasteiger partial charge < -0.3 is 10.1 Å². The summed E-state index contributed by atoms with van der Waals surface area (Å²) in [5.41, 5.74) is 0. The predicted octanol–water partition coefficient (Wildman–Crippen LogP) is 0.418. The second-order valence-corrected chi connectivity index (χ2v) is 3.58. The van der Waals surface area contributed by atoms with Crippen LogP contribution in [0.15, 0.2) is 0 Å². The van der Waals surface area contributed by atoms with Crippen molar-refractivity contribution in [1.29, 1.82) is 0 Å². The number of nitrogens with zero attached hydrogens (tertiary/aromatic N) is 2. The van der Waals surface area contributed by atoms with E-state index in [1.165, 1.54) is 12.8 Å². The highest BCUT2D eigenvalue weighted by molar-refractivity contribution is 5.04. The van der Waals surface area contributed by atoms with E-state index in [9.17, 15) is 0 Å². The molecular formula is C9H16N4O. The van der Waals surface area contributed by atoms with E-state index in [-0.39, 0.29) is 0 Å². The van der Waals surface area contributed by atoms with Crippen molar-refractivity contribution in [2.75, 3.05) is 20.3 Å². The maximum atomic E-state index is 4.92. The highest BCUT2D eigenvalue weighted by Gasteiger charge is 2.27. The number of hydrogen-bond acceptors (Lipinski definition) is 4. The molecular weight excluding hydrogens is 180 g/mol. The average molecular weight is 196 g/mol. The summed E-state index contributed by atoms with van der Waals surface area (Å²) >= 11 is 0. The maximum absolute atomic E-state index is 4.92. The van der Waals surface area contributed by atoms with Crippen LogP contribution in [0.3, 0.4) is 0 Å². The van der Waals surface area contributed by atoms with Crippen molar-refractivity contribution in [3.8, 4) is 0 Å². The van der Waals surface area contributed by atoms with Gasteiger partial charge in [0.1, 0.15) is 5.82 Å². The Hall–Kier alpha value is -0.940. The second kappa shape index (κ2) is 4.52. The fourth-order valence-corrected chi connectivity index (χ4v) is 1.29. The Morgan fingerprint density at radius 1 is 1.57 bits per heavy atom. The van der Waals surface area contributed by atoms with Crippen LogP contribution in [0.1, 0.15) is 30.4 Å². The summed E-state index contributed by atoms with van der Waals surface area (Å²) in [5.74, 6) is 2.52. The van der Waals surface area contributed by atoms with Crippen molar-refractivity contribution in [3.63, 3.8) is 0 Å². The van der Waals surface area contributed by atoms with Crippen LogP contribution in [0.5, 0.6) is 0 Å². The topological polar surface area (TPSA) is 62.8 Å². The zero-order chi connectivity index (χ0) is 9.80. The van der Waals surface area contributed by atoms with Crippen LogP contribution in [-0.2, 0) is 11.3 Å². The molecule has 0 amide bonds. The smallest absolute Gasteiger partial charge is 0.153 e. The zero-order valence-electron chi connectivity index (χ0n) is 8.42. The molecule has 2 N–H and O–H groups in total. The van der Waals surface area contributed by atoms with Gasteiger partial charge in [-0.25, -0.2) is 4.98 Å². The van der Waals surface area contributed by atoms with Crippen LogP contribution in [0, 0.1) is 0 Å². The molecule has 0 aliphatic heterocycles. The van der Waals surface area contributed by atoms with E-state index in [0.29, 0.717) is 5.92 Å². The molecule has 1 aromatic heterocycles. The maximum Gasteiger partial charge on any atom is 0.153 e. The fraction of sp³-hybridized carbons (Fsp3) is 0.778. The molecule has 0 unspecified atom stereocenters. The molecule has 5 nitrogen and oxygen atoms in total. The lowest BCUT2D eigenvalue weighted by Crippen LogP contribution is -2.19. The van der Waals surface area contributed by atoms with Crippen molar-refractivity contribution >= 4 is 0 Å². The molecule has 2 rings (SSSR count). The van der Waals surface area contributed by atoms with Crippen LogP contribution in [0.2, 0.25) is 0 Å². The zero-order valence-corrected chi connectivity index (χ0v) is 8.42. The lowest BCUT2D eigenvalue weighted by atomic mass is 10.4. The highest BCUT2D eigenvalue weighted by Crippen LogP contribution is 2.37. The van der Waals surface area contributed by atoms with Crippen molar-refractivity contribution in [2.45, 2.75) is 25.3 Å². The Bertz CT molecular complexity index is 282.